The second-order valence-electron chi connectivity index (χ2n) is 4.99. The molecule has 102 valence electrons. The van der Waals surface area contributed by atoms with E-state index in [9.17, 15) is 18.3 Å². The topological polar surface area (TPSA) is 46.2 Å². The Hall–Kier alpha value is -0.290. The van der Waals surface area contributed by atoms with E-state index in [2.05, 4.69) is 0 Å². The molecule has 0 radical (unpaired) electrons. The molecule has 0 aromatic rings. The first-order valence-electron chi connectivity index (χ1n) is 6.36. The third kappa shape index (κ3) is 3.58. The molecule has 0 bridgehead atoms. The normalized spacial score (nSPS) is 30.0. The van der Waals surface area contributed by atoms with Gasteiger partial charge in [-0.3, -0.25) is 0 Å². The van der Waals surface area contributed by atoms with E-state index in [1.807, 2.05) is 6.92 Å². The minimum atomic E-state index is -4.20. The molecule has 1 aliphatic rings. The van der Waals surface area contributed by atoms with Gasteiger partial charge in [0, 0.05) is 0 Å². The van der Waals surface area contributed by atoms with Crippen LogP contribution in [-0.2, 0) is 0 Å². The standard InChI is InChI=1S/C12H22F3NO/c1-2-8(7-16)11(17)9-5-3-4-6-10(9)12(13,14)15/h8-11,17H,2-7,16H2,1H3. The smallest absolute Gasteiger partial charge is 0.392 e. The lowest BCUT2D eigenvalue weighted by Gasteiger charge is -2.38. The fraction of sp³-hybridized carbons (Fsp3) is 1.00. The molecule has 1 saturated carbocycles. The number of hydrogen-bond donors (Lipinski definition) is 2. The van der Waals surface area contributed by atoms with Crippen molar-refractivity contribution in [3.63, 3.8) is 0 Å². The van der Waals surface area contributed by atoms with Crippen LogP contribution in [0, 0.1) is 17.8 Å². The molecule has 0 saturated heterocycles. The summed E-state index contributed by atoms with van der Waals surface area (Å²) >= 11 is 0. The van der Waals surface area contributed by atoms with E-state index in [0.717, 1.165) is 6.42 Å². The molecule has 1 fully saturated rings. The second-order valence-corrected chi connectivity index (χ2v) is 4.99. The van der Waals surface area contributed by atoms with Crippen molar-refractivity contribution >= 4 is 0 Å². The molecule has 0 heterocycles. The number of hydrogen-bond acceptors (Lipinski definition) is 2. The van der Waals surface area contributed by atoms with Gasteiger partial charge in [0.1, 0.15) is 0 Å². The number of alkyl halides is 3. The third-order valence-corrected chi connectivity index (χ3v) is 3.99. The van der Waals surface area contributed by atoms with Crippen molar-refractivity contribution in [2.45, 2.75) is 51.3 Å². The molecule has 4 atom stereocenters. The Labute approximate surface area is 100 Å². The van der Waals surface area contributed by atoms with Gasteiger partial charge < -0.3 is 10.8 Å². The van der Waals surface area contributed by atoms with Gasteiger partial charge in [-0.15, -0.1) is 0 Å². The minimum absolute atomic E-state index is 0.145. The number of rotatable bonds is 4. The maximum atomic E-state index is 12.9. The highest BCUT2D eigenvalue weighted by Gasteiger charge is 2.48. The summed E-state index contributed by atoms with van der Waals surface area (Å²) in [4.78, 5) is 0. The summed E-state index contributed by atoms with van der Waals surface area (Å²) in [5, 5.41) is 10.1. The molecule has 5 heteroatoms. The zero-order valence-corrected chi connectivity index (χ0v) is 10.2. The molecule has 0 amide bonds. The summed E-state index contributed by atoms with van der Waals surface area (Å²) < 4.78 is 38.6. The van der Waals surface area contributed by atoms with Gasteiger partial charge in [0.05, 0.1) is 12.0 Å². The van der Waals surface area contributed by atoms with Gasteiger partial charge in [0.2, 0.25) is 0 Å². The lowest BCUT2D eigenvalue weighted by Crippen LogP contribution is -2.43. The second kappa shape index (κ2) is 6.05. The lowest BCUT2D eigenvalue weighted by molar-refractivity contribution is -0.209. The average Bonchev–Trinajstić information content (AvgIpc) is 2.29. The average molecular weight is 253 g/mol. The fourth-order valence-electron chi connectivity index (χ4n) is 2.87. The molecule has 0 aromatic carbocycles. The van der Waals surface area contributed by atoms with Crippen LogP contribution in [0.25, 0.3) is 0 Å². The highest BCUT2D eigenvalue weighted by Crippen LogP contribution is 2.44. The van der Waals surface area contributed by atoms with Crippen LogP contribution in [0.5, 0.6) is 0 Å². The highest BCUT2D eigenvalue weighted by atomic mass is 19.4. The van der Waals surface area contributed by atoms with Gasteiger partial charge in [0.15, 0.2) is 0 Å². The maximum Gasteiger partial charge on any atom is 0.392 e. The molecule has 2 nitrogen and oxygen atoms in total. The minimum Gasteiger partial charge on any atom is -0.392 e. The summed E-state index contributed by atoms with van der Waals surface area (Å²) in [5.74, 6) is -2.24. The Balaban J connectivity index is 2.77. The SMILES string of the molecule is CCC(CN)C(O)C1CCCCC1C(F)(F)F. The molecule has 4 unspecified atom stereocenters. The maximum absolute atomic E-state index is 12.9. The van der Waals surface area contributed by atoms with Gasteiger partial charge in [-0.1, -0.05) is 19.8 Å². The van der Waals surface area contributed by atoms with Gasteiger partial charge >= 0.3 is 6.18 Å². The Morgan fingerprint density at radius 2 is 1.88 bits per heavy atom. The molecular weight excluding hydrogens is 231 g/mol. The van der Waals surface area contributed by atoms with Crippen molar-refractivity contribution in [2.24, 2.45) is 23.5 Å². The van der Waals surface area contributed by atoms with Crippen LogP contribution in [0.3, 0.4) is 0 Å². The molecule has 1 rings (SSSR count). The quantitative estimate of drug-likeness (QED) is 0.809. The first kappa shape index (κ1) is 14.8. The number of nitrogens with two attached hydrogens (primary N) is 1. The van der Waals surface area contributed by atoms with Gasteiger partial charge in [-0.2, -0.15) is 13.2 Å². The van der Waals surface area contributed by atoms with Crippen LogP contribution >= 0.6 is 0 Å². The monoisotopic (exact) mass is 253 g/mol. The van der Waals surface area contributed by atoms with Crippen molar-refractivity contribution in [3.05, 3.63) is 0 Å². The lowest BCUT2D eigenvalue weighted by atomic mass is 9.72. The van der Waals surface area contributed by atoms with Crippen LogP contribution in [0.1, 0.15) is 39.0 Å². The first-order chi connectivity index (χ1) is 7.91. The number of aliphatic hydroxyl groups is 1. The largest absolute Gasteiger partial charge is 0.392 e. The highest BCUT2D eigenvalue weighted by molar-refractivity contribution is 4.87. The molecule has 17 heavy (non-hydrogen) atoms. The zero-order chi connectivity index (χ0) is 13.1. The van der Waals surface area contributed by atoms with Crippen LogP contribution < -0.4 is 5.73 Å². The molecular formula is C12H22F3NO. The van der Waals surface area contributed by atoms with Crippen LogP contribution in [0.15, 0.2) is 0 Å². The summed E-state index contributed by atoms with van der Waals surface area (Å²) in [5.41, 5.74) is 5.50. The zero-order valence-electron chi connectivity index (χ0n) is 10.2. The Morgan fingerprint density at radius 1 is 1.29 bits per heavy atom. The molecule has 0 aliphatic heterocycles. The molecule has 0 aromatic heterocycles. The molecule has 3 N–H and O–H groups in total. The third-order valence-electron chi connectivity index (χ3n) is 3.99. The summed E-state index contributed by atoms with van der Waals surface area (Å²) in [6.45, 7) is 2.10. The van der Waals surface area contributed by atoms with Crippen molar-refractivity contribution in [2.75, 3.05) is 6.54 Å². The predicted octanol–water partition coefficient (Wildman–Crippen LogP) is 2.70. The van der Waals surface area contributed by atoms with E-state index in [4.69, 9.17) is 5.73 Å². The summed E-state index contributed by atoms with van der Waals surface area (Å²) in [6.07, 6.45) is -2.51. The Morgan fingerprint density at radius 3 is 2.35 bits per heavy atom. The van der Waals surface area contributed by atoms with E-state index in [-0.39, 0.29) is 18.9 Å². The van der Waals surface area contributed by atoms with Crippen molar-refractivity contribution in [1.29, 1.82) is 0 Å². The van der Waals surface area contributed by atoms with E-state index in [1.165, 1.54) is 0 Å². The molecule has 1 aliphatic carbocycles. The van der Waals surface area contributed by atoms with Crippen LogP contribution in [0.4, 0.5) is 13.2 Å². The van der Waals surface area contributed by atoms with Gasteiger partial charge in [0.25, 0.3) is 0 Å². The fourth-order valence-corrected chi connectivity index (χ4v) is 2.87. The van der Waals surface area contributed by atoms with Crippen molar-refractivity contribution in [3.8, 4) is 0 Å². The van der Waals surface area contributed by atoms with Crippen molar-refractivity contribution in [1.82, 2.24) is 0 Å². The van der Waals surface area contributed by atoms with E-state index in [1.54, 1.807) is 0 Å². The first-order valence-corrected chi connectivity index (χ1v) is 6.36. The predicted molar refractivity (Wildman–Crippen MR) is 60.3 cm³/mol. The van der Waals surface area contributed by atoms with Gasteiger partial charge in [-0.05, 0) is 37.6 Å². The van der Waals surface area contributed by atoms with Crippen LogP contribution in [0.2, 0.25) is 0 Å². The van der Waals surface area contributed by atoms with Crippen LogP contribution in [-0.4, -0.2) is 23.9 Å². The van der Waals surface area contributed by atoms with E-state index >= 15 is 0 Å². The number of aliphatic hydroxyl groups excluding tert-OH is 1. The van der Waals surface area contributed by atoms with E-state index in [0.29, 0.717) is 19.3 Å². The summed E-state index contributed by atoms with van der Waals surface area (Å²) in [6, 6.07) is 0. The Kier molecular flexibility index (Phi) is 5.25. The van der Waals surface area contributed by atoms with Crippen molar-refractivity contribution < 1.29 is 18.3 Å². The van der Waals surface area contributed by atoms with E-state index < -0.39 is 24.1 Å². The Bertz CT molecular complexity index is 228. The van der Waals surface area contributed by atoms with Gasteiger partial charge in [-0.25, -0.2) is 0 Å². The molecule has 0 spiro atoms. The summed E-state index contributed by atoms with van der Waals surface area (Å²) in [7, 11) is 0. The number of halogens is 3.